The summed E-state index contributed by atoms with van der Waals surface area (Å²) in [5.74, 6) is 0.992. The summed E-state index contributed by atoms with van der Waals surface area (Å²) in [4.78, 5) is 2.68. The monoisotopic (exact) mass is 196 g/mol. The second-order valence-electron chi connectivity index (χ2n) is 5.02. The Morgan fingerprint density at radius 2 is 1.86 bits per heavy atom. The van der Waals surface area contributed by atoms with E-state index >= 15 is 0 Å². The van der Waals surface area contributed by atoms with E-state index in [-0.39, 0.29) is 0 Å². The smallest absolute Gasteiger partial charge is 0.00695 e. The van der Waals surface area contributed by atoms with Gasteiger partial charge in [0.05, 0.1) is 0 Å². The number of hydrogen-bond acceptors (Lipinski definition) is 2. The van der Waals surface area contributed by atoms with Crippen LogP contribution in [0.1, 0.15) is 39.0 Å². The molecule has 2 aliphatic rings. The minimum atomic E-state index is 0.834. The molecule has 0 aromatic rings. The molecule has 0 bridgehead atoms. The molecule has 1 unspecified atom stereocenters. The summed E-state index contributed by atoms with van der Waals surface area (Å²) in [6.07, 6.45) is 7.09. The molecule has 0 radical (unpaired) electrons. The van der Waals surface area contributed by atoms with E-state index < -0.39 is 0 Å². The van der Waals surface area contributed by atoms with Crippen LogP contribution in [-0.2, 0) is 0 Å². The fraction of sp³-hybridized carbons (Fsp3) is 1.00. The van der Waals surface area contributed by atoms with Crippen molar-refractivity contribution in [1.29, 1.82) is 0 Å². The summed E-state index contributed by atoms with van der Waals surface area (Å²) in [6.45, 7) is 7.63. The van der Waals surface area contributed by atoms with Crippen LogP contribution in [0.2, 0.25) is 0 Å². The molecular weight excluding hydrogens is 172 g/mol. The number of piperidine rings is 1. The number of likely N-dealkylation sites (tertiary alicyclic amines) is 1. The van der Waals surface area contributed by atoms with Gasteiger partial charge in [0.1, 0.15) is 0 Å². The summed E-state index contributed by atoms with van der Waals surface area (Å²) in [6, 6.07) is 0.834. The molecule has 0 aromatic carbocycles. The van der Waals surface area contributed by atoms with E-state index in [1.165, 1.54) is 58.3 Å². The highest BCUT2D eigenvalue weighted by molar-refractivity contribution is 4.78. The number of nitrogens with zero attached hydrogens (tertiary/aromatic N) is 1. The Balaban J connectivity index is 1.72. The van der Waals surface area contributed by atoms with Crippen LogP contribution in [0, 0.1) is 5.92 Å². The third-order valence-corrected chi connectivity index (χ3v) is 3.90. The van der Waals surface area contributed by atoms with Gasteiger partial charge in [-0.1, -0.05) is 0 Å². The maximum absolute atomic E-state index is 3.44. The molecule has 2 fully saturated rings. The lowest BCUT2D eigenvalue weighted by Gasteiger charge is -2.30. The lowest BCUT2D eigenvalue weighted by molar-refractivity contribution is 0.203. The predicted molar refractivity (Wildman–Crippen MR) is 60.5 cm³/mol. The van der Waals surface area contributed by atoms with Crippen LogP contribution < -0.4 is 5.32 Å². The Hall–Kier alpha value is -0.0800. The molecule has 2 saturated heterocycles. The van der Waals surface area contributed by atoms with Crippen molar-refractivity contribution in [3.05, 3.63) is 0 Å². The predicted octanol–water partition coefficient (Wildman–Crippen LogP) is 1.86. The van der Waals surface area contributed by atoms with E-state index in [9.17, 15) is 0 Å². The van der Waals surface area contributed by atoms with Gasteiger partial charge >= 0.3 is 0 Å². The van der Waals surface area contributed by atoms with Gasteiger partial charge in [-0.15, -0.1) is 0 Å². The lowest BCUT2D eigenvalue weighted by Crippen LogP contribution is -2.35. The molecule has 0 spiro atoms. The first kappa shape index (κ1) is 10.4. The summed E-state index contributed by atoms with van der Waals surface area (Å²) >= 11 is 0. The van der Waals surface area contributed by atoms with Crippen molar-refractivity contribution in [2.75, 3.05) is 26.2 Å². The van der Waals surface area contributed by atoms with Gasteiger partial charge in [0.15, 0.2) is 0 Å². The van der Waals surface area contributed by atoms with Gasteiger partial charge in [-0.2, -0.15) is 0 Å². The second-order valence-corrected chi connectivity index (χ2v) is 5.02. The van der Waals surface area contributed by atoms with E-state index in [0.29, 0.717) is 0 Å². The quantitative estimate of drug-likeness (QED) is 0.741. The molecule has 1 atom stereocenters. The van der Waals surface area contributed by atoms with Crippen molar-refractivity contribution >= 4 is 0 Å². The zero-order chi connectivity index (χ0) is 9.80. The molecule has 2 nitrogen and oxygen atoms in total. The van der Waals surface area contributed by atoms with Crippen LogP contribution in [0.15, 0.2) is 0 Å². The third kappa shape index (κ3) is 2.71. The molecule has 2 aliphatic heterocycles. The average Bonchev–Trinajstić information content (AvgIpc) is 2.72. The highest BCUT2D eigenvalue weighted by Crippen LogP contribution is 2.22. The first-order valence-electron chi connectivity index (χ1n) is 6.31. The van der Waals surface area contributed by atoms with Gasteiger partial charge in [-0.05, 0) is 71.1 Å². The van der Waals surface area contributed by atoms with Crippen LogP contribution in [-0.4, -0.2) is 37.1 Å². The van der Waals surface area contributed by atoms with Gasteiger partial charge < -0.3 is 10.2 Å². The summed E-state index contributed by atoms with van der Waals surface area (Å²) < 4.78 is 0. The maximum Gasteiger partial charge on any atom is 0.00695 e. The van der Waals surface area contributed by atoms with Crippen molar-refractivity contribution < 1.29 is 0 Å². The van der Waals surface area contributed by atoms with Gasteiger partial charge in [0.2, 0.25) is 0 Å². The molecule has 0 aliphatic carbocycles. The molecule has 2 heterocycles. The minimum absolute atomic E-state index is 0.834. The van der Waals surface area contributed by atoms with E-state index in [1.807, 2.05) is 0 Å². The Labute approximate surface area is 88.1 Å². The molecule has 1 N–H and O–H groups in total. The fourth-order valence-corrected chi connectivity index (χ4v) is 2.93. The standard InChI is InChI=1S/C12H24N2/c1-11(14-8-2-3-9-14)10-12-4-6-13-7-5-12/h11-13H,2-10H2,1H3. The van der Waals surface area contributed by atoms with E-state index in [0.717, 1.165) is 12.0 Å². The van der Waals surface area contributed by atoms with Gasteiger partial charge in [-0.25, -0.2) is 0 Å². The topological polar surface area (TPSA) is 15.3 Å². The first-order chi connectivity index (χ1) is 6.86. The van der Waals surface area contributed by atoms with Crippen LogP contribution in [0.4, 0.5) is 0 Å². The van der Waals surface area contributed by atoms with Crippen molar-refractivity contribution in [3.8, 4) is 0 Å². The maximum atomic E-state index is 3.44. The van der Waals surface area contributed by atoms with Crippen LogP contribution in [0.25, 0.3) is 0 Å². The second kappa shape index (κ2) is 5.13. The summed E-state index contributed by atoms with van der Waals surface area (Å²) in [5.41, 5.74) is 0. The molecule has 0 amide bonds. The van der Waals surface area contributed by atoms with Crippen molar-refractivity contribution in [2.45, 2.75) is 45.1 Å². The summed E-state index contributed by atoms with van der Waals surface area (Å²) in [7, 11) is 0. The molecule has 2 rings (SSSR count). The SMILES string of the molecule is CC(CC1CCNCC1)N1CCCC1. The average molecular weight is 196 g/mol. The van der Waals surface area contributed by atoms with Crippen molar-refractivity contribution in [2.24, 2.45) is 5.92 Å². The Bertz CT molecular complexity index is 158. The van der Waals surface area contributed by atoms with Gasteiger partial charge in [0, 0.05) is 6.04 Å². The fourth-order valence-electron chi connectivity index (χ4n) is 2.93. The summed E-state index contributed by atoms with van der Waals surface area (Å²) in [5, 5.41) is 3.44. The molecule has 2 heteroatoms. The highest BCUT2D eigenvalue weighted by atomic mass is 15.2. The third-order valence-electron chi connectivity index (χ3n) is 3.90. The Kier molecular flexibility index (Phi) is 3.82. The minimum Gasteiger partial charge on any atom is -0.317 e. The Morgan fingerprint density at radius 3 is 2.50 bits per heavy atom. The number of nitrogens with one attached hydrogen (secondary N) is 1. The molecular formula is C12H24N2. The molecule has 14 heavy (non-hydrogen) atoms. The van der Waals surface area contributed by atoms with Crippen molar-refractivity contribution in [1.82, 2.24) is 10.2 Å². The van der Waals surface area contributed by atoms with Gasteiger partial charge in [0.25, 0.3) is 0 Å². The van der Waals surface area contributed by atoms with Gasteiger partial charge in [-0.3, -0.25) is 0 Å². The normalized spacial score (nSPS) is 28.1. The van der Waals surface area contributed by atoms with E-state index in [4.69, 9.17) is 0 Å². The first-order valence-corrected chi connectivity index (χ1v) is 6.31. The van der Waals surface area contributed by atoms with E-state index in [2.05, 4.69) is 17.1 Å². The molecule has 0 aromatic heterocycles. The molecule has 82 valence electrons. The molecule has 0 saturated carbocycles. The van der Waals surface area contributed by atoms with Crippen molar-refractivity contribution in [3.63, 3.8) is 0 Å². The van der Waals surface area contributed by atoms with Crippen LogP contribution in [0.5, 0.6) is 0 Å². The lowest BCUT2D eigenvalue weighted by atomic mass is 9.91. The zero-order valence-corrected chi connectivity index (χ0v) is 9.47. The van der Waals surface area contributed by atoms with Crippen LogP contribution in [0.3, 0.4) is 0 Å². The number of hydrogen-bond donors (Lipinski definition) is 1. The Morgan fingerprint density at radius 1 is 1.21 bits per heavy atom. The zero-order valence-electron chi connectivity index (χ0n) is 9.47. The largest absolute Gasteiger partial charge is 0.317 e. The van der Waals surface area contributed by atoms with Crippen LogP contribution >= 0.6 is 0 Å². The highest BCUT2D eigenvalue weighted by Gasteiger charge is 2.22. The van der Waals surface area contributed by atoms with E-state index in [1.54, 1.807) is 0 Å². The number of rotatable bonds is 3.